The number of nitrogens with zero attached hydrogens (tertiary/aromatic N) is 1. The van der Waals surface area contributed by atoms with Gasteiger partial charge in [0.1, 0.15) is 11.6 Å². The van der Waals surface area contributed by atoms with E-state index in [1.165, 1.54) is 24.3 Å². The molecule has 0 aromatic heterocycles. The van der Waals surface area contributed by atoms with Crippen LogP contribution in [0.4, 0.5) is 10.1 Å². The molecule has 132 valence electrons. The molecule has 0 aliphatic rings. The van der Waals surface area contributed by atoms with Gasteiger partial charge in [-0.15, -0.1) is 0 Å². The van der Waals surface area contributed by atoms with Crippen molar-refractivity contribution < 1.29 is 18.8 Å². The van der Waals surface area contributed by atoms with Crippen LogP contribution in [0.3, 0.4) is 0 Å². The van der Waals surface area contributed by atoms with Crippen LogP contribution in [0.5, 0.6) is 5.75 Å². The van der Waals surface area contributed by atoms with E-state index >= 15 is 0 Å². The Bertz CT molecular complexity index is 730. The summed E-state index contributed by atoms with van der Waals surface area (Å²) in [6, 6.07) is 12.5. The maximum Gasteiger partial charge on any atom is 0.267 e. The molecule has 1 amide bonds. The molecule has 2 aromatic rings. The molecule has 6 nitrogen and oxygen atoms in total. The summed E-state index contributed by atoms with van der Waals surface area (Å²) < 4.78 is 18.2. The lowest BCUT2D eigenvalue weighted by molar-refractivity contribution is -0.126. The fourth-order valence-corrected chi connectivity index (χ4v) is 1.90. The molecular weight excluding hydrogens is 325 g/mol. The van der Waals surface area contributed by atoms with Crippen molar-refractivity contribution in [3.8, 4) is 5.75 Å². The lowest BCUT2D eigenvalue weighted by Crippen LogP contribution is -2.27. The van der Waals surface area contributed by atoms with Crippen molar-refractivity contribution in [2.24, 2.45) is 10.9 Å². The summed E-state index contributed by atoms with van der Waals surface area (Å²) >= 11 is 0. The van der Waals surface area contributed by atoms with E-state index in [1.807, 2.05) is 6.92 Å². The highest BCUT2D eigenvalue weighted by molar-refractivity contribution is 5.97. The summed E-state index contributed by atoms with van der Waals surface area (Å²) in [4.78, 5) is 17.2. The van der Waals surface area contributed by atoms with Gasteiger partial charge in [0.25, 0.3) is 5.91 Å². The molecule has 1 atom stereocenters. The Morgan fingerprint density at radius 2 is 1.84 bits per heavy atom. The minimum atomic E-state index is -0.856. The van der Waals surface area contributed by atoms with Gasteiger partial charge in [-0.2, -0.15) is 0 Å². The average molecular weight is 345 g/mol. The number of carbonyl (C=O) groups is 1. The highest BCUT2D eigenvalue weighted by atomic mass is 19.1. The Morgan fingerprint density at radius 3 is 2.44 bits per heavy atom. The SMILES string of the molecule is CCOc1ccc(NC(=O)C(C)O/N=C(\N)c2ccc(F)cc2)cc1. The Balaban J connectivity index is 1.91. The lowest BCUT2D eigenvalue weighted by Gasteiger charge is -2.12. The molecule has 2 aromatic carbocycles. The number of hydrogen-bond donors (Lipinski definition) is 2. The van der Waals surface area contributed by atoms with E-state index in [0.29, 0.717) is 17.9 Å². The zero-order valence-corrected chi connectivity index (χ0v) is 14.0. The number of nitrogens with one attached hydrogen (secondary N) is 1. The Morgan fingerprint density at radius 1 is 1.20 bits per heavy atom. The number of benzene rings is 2. The summed E-state index contributed by atoms with van der Waals surface area (Å²) in [6.45, 7) is 4.02. The second kappa shape index (κ2) is 8.68. The van der Waals surface area contributed by atoms with Crippen molar-refractivity contribution in [2.75, 3.05) is 11.9 Å². The molecule has 1 unspecified atom stereocenters. The summed E-state index contributed by atoms with van der Waals surface area (Å²) in [5.74, 6) is 0.0302. The van der Waals surface area contributed by atoms with Crippen LogP contribution in [-0.2, 0) is 9.63 Å². The highest BCUT2D eigenvalue weighted by Crippen LogP contribution is 2.16. The molecule has 0 aliphatic heterocycles. The molecule has 25 heavy (non-hydrogen) atoms. The summed E-state index contributed by atoms with van der Waals surface area (Å²) in [5.41, 5.74) is 6.86. The predicted molar refractivity (Wildman–Crippen MR) is 93.9 cm³/mol. The highest BCUT2D eigenvalue weighted by Gasteiger charge is 2.15. The number of hydrogen-bond acceptors (Lipinski definition) is 4. The Hall–Kier alpha value is -3.09. The number of nitrogens with two attached hydrogens (primary N) is 1. The van der Waals surface area contributed by atoms with E-state index in [1.54, 1.807) is 31.2 Å². The van der Waals surface area contributed by atoms with Crippen LogP contribution >= 0.6 is 0 Å². The molecule has 0 radical (unpaired) electrons. The normalized spacial score (nSPS) is 12.4. The van der Waals surface area contributed by atoms with Crippen LogP contribution in [-0.4, -0.2) is 24.5 Å². The van der Waals surface area contributed by atoms with Crippen LogP contribution < -0.4 is 15.8 Å². The van der Waals surface area contributed by atoms with Crippen molar-refractivity contribution in [1.82, 2.24) is 0 Å². The Kier molecular flexibility index (Phi) is 6.33. The van der Waals surface area contributed by atoms with Crippen molar-refractivity contribution in [3.63, 3.8) is 0 Å². The number of oxime groups is 1. The quantitative estimate of drug-likeness (QED) is 0.459. The van der Waals surface area contributed by atoms with Crippen LogP contribution in [0.25, 0.3) is 0 Å². The molecule has 2 rings (SSSR count). The van der Waals surface area contributed by atoms with E-state index in [0.717, 1.165) is 5.75 Å². The molecule has 0 heterocycles. The zero-order valence-electron chi connectivity index (χ0n) is 14.0. The molecule has 0 saturated carbocycles. The maximum atomic E-state index is 12.9. The van der Waals surface area contributed by atoms with Crippen LogP contribution in [0, 0.1) is 5.82 Å². The largest absolute Gasteiger partial charge is 0.494 e. The first kappa shape index (κ1) is 18.3. The molecule has 0 aliphatic carbocycles. The summed E-state index contributed by atoms with van der Waals surface area (Å²) in [6.07, 6.45) is -0.856. The number of rotatable bonds is 7. The fraction of sp³-hybridized carbons (Fsp3) is 0.222. The topological polar surface area (TPSA) is 85.9 Å². The first-order valence-electron chi connectivity index (χ1n) is 7.78. The molecular formula is C18H20FN3O3. The molecule has 0 fully saturated rings. The number of ether oxygens (including phenoxy) is 1. The van der Waals surface area contributed by atoms with E-state index in [9.17, 15) is 9.18 Å². The van der Waals surface area contributed by atoms with E-state index in [2.05, 4.69) is 10.5 Å². The number of carbonyl (C=O) groups excluding carboxylic acids is 1. The Labute approximate surface area is 145 Å². The average Bonchev–Trinajstić information content (AvgIpc) is 2.61. The van der Waals surface area contributed by atoms with Crippen molar-refractivity contribution in [3.05, 3.63) is 59.9 Å². The van der Waals surface area contributed by atoms with Gasteiger partial charge in [0.15, 0.2) is 5.84 Å². The minimum Gasteiger partial charge on any atom is -0.494 e. The third-order valence-corrected chi connectivity index (χ3v) is 3.25. The van der Waals surface area contributed by atoms with Gasteiger partial charge in [0.2, 0.25) is 6.10 Å². The van der Waals surface area contributed by atoms with Crippen LogP contribution in [0.15, 0.2) is 53.7 Å². The zero-order chi connectivity index (χ0) is 18.2. The lowest BCUT2D eigenvalue weighted by atomic mass is 10.2. The van der Waals surface area contributed by atoms with Gasteiger partial charge < -0.3 is 20.6 Å². The molecule has 0 bridgehead atoms. The number of amidine groups is 1. The van der Waals surface area contributed by atoms with Crippen molar-refractivity contribution in [1.29, 1.82) is 0 Å². The predicted octanol–water partition coefficient (Wildman–Crippen LogP) is 2.89. The molecule has 7 heteroatoms. The smallest absolute Gasteiger partial charge is 0.267 e. The molecule has 3 N–H and O–H groups in total. The molecule has 0 saturated heterocycles. The van der Waals surface area contributed by atoms with Gasteiger partial charge in [0, 0.05) is 11.3 Å². The second-order valence-corrected chi connectivity index (χ2v) is 5.18. The first-order valence-corrected chi connectivity index (χ1v) is 7.78. The molecule has 0 spiro atoms. The monoisotopic (exact) mass is 345 g/mol. The van der Waals surface area contributed by atoms with Crippen LogP contribution in [0.2, 0.25) is 0 Å². The van der Waals surface area contributed by atoms with Crippen LogP contribution in [0.1, 0.15) is 19.4 Å². The van der Waals surface area contributed by atoms with Gasteiger partial charge in [-0.3, -0.25) is 4.79 Å². The van der Waals surface area contributed by atoms with Gasteiger partial charge >= 0.3 is 0 Å². The van der Waals surface area contributed by atoms with Gasteiger partial charge in [0.05, 0.1) is 6.61 Å². The fourth-order valence-electron chi connectivity index (χ4n) is 1.90. The summed E-state index contributed by atoms with van der Waals surface area (Å²) in [7, 11) is 0. The van der Waals surface area contributed by atoms with E-state index < -0.39 is 6.10 Å². The van der Waals surface area contributed by atoms with Gasteiger partial charge in [-0.05, 0) is 62.4 Å². The van der Waals surface area contributed by atoms with Crippen molar-refractivity contribution in [2.45, 2.75) is 20.0 Å². The van der Waals surface area contributed by atoms with E-state index in [-0.39, 0.29) is 17.6 Å². The first-order chi connectivity index (χ1) is 12.0. The standard InChI is InChI=1S/C18H20FN3O3/c1-3-24-16-10-8-15(9-11-16)21-18(23)12(2)25-22-17(20)13-4-6-14(19)7-5-13/h4-12H,3H2,1-2H3,(H2,20,22)(H,21,23). The summed E-state index contributed by atoms with van der Waals surface area (Å²) in [5, 5.41) is 6.42. The maximum absolute atomic E-state index is 12.9. The third-order valence-electron chi connectivity index (χ3n) is 3.25. The second-order valence-electron chi connectivity index (χ2n) is 5.18. The third kappa shape index (κ3) is 5.49. The van der Waals surface area contributed by atoms with Gasteiger partial charge in [-0.1, -0.05) is 5.16 Å². The van der Waals surface area contributed by atoms with E-state index in [4.69, 9.17) is 15.3 Å². The van der Waals surface area contributed by atoms with Gasteiger partial charge in [-0.25, -0.2) is 4.39 Å². The number of amides is 1. The number of anilines is 1. The minimum absolute atomic E-state index is 0.0562. The van der Waals surface area contributed by atoms with Crippen molar-refractivity contribution >= 4 is 17.4 Å². The number of halogens is 1.